The average Bonchev–Trinajstić information content (AvgIpc) is 3.19. The van der Waals surface area contributed by atoms with Gasteiger partial charge in [-0.05, 0) is 31.2 Å². The van der Waals surface area contributed by atoms with Crippen molar-refractivity contribution in [2.75, 3.05) is 26.0 Å². The molecule has 2 heterocycles. The summed E-state index contributed by atoms with van der Waals surface area (Å²) in [5.74, 6) is 0.112. The third-order valence-corrected chi connectivity index (χ3v) is 8.58. The van der Waals surface area contributed by atoms with Crippen molar-refractivity contribution in [3.05, 3.63) is 35.9 Å². The second kappa shape index (κ2) is 5.30. The van der Waals surface area contributed by atoms with Gasteiger partial charge in [-0.1, -0.05) is 30.3 Å². The van der Waals surface area contributed by atoms with E-state index in [1.165, 1.54) is 0 Å². The number of nitrogens with zero attached hydrogens (tertiary/aromatic N) is 1. The number of amides is 1. The van der Waals surface area contributed by atoms with E-state index in [2.05, 4.69) is 0 Å². The number of carbonyl (C=O) groups is 1. The molecule has 0 radical (unpaired) electrons. The smallest absolute Gasteiger partial charge is 0.254 e. The molecule has 1 aromatic carbocycles. The van der Waals surface area contributed by atoms with Gasteiger partial charge < -0.3 is 9.64 Å². The number of methoxy groups -OCH3 is 1. The molecule has 0 bridgehead atoms. The summed E-state index contributed by atoms with van der Waals surface area (Å²) in [6, 6.07) is 9.77. The molecule has 1 aromatic rings. The lowest BCUT2D eigenvalue weighted by atomic mass is 9.80. The number of hydrogen-bond acceptors (Lipinski definition) is 4. The molecular formula is C18H23NO4S. The Kier molecular flexibility index (Phi) is 3.55. The number of carbonyl (C=O) groups excluding carboxylic acids is 1. The van der Waals surface area contributed by atoms with Crippen LogP contribution in [0.5, 0.6) is 0 Å². The van der Waals surface area contributed by atoms with Crippen molar-refractivity contribution in [3.8, 4) is 0 Å². The predicted molar refractivity (Wildman–Crippen MR) is 90.5 cm³/mol. The van der Waals surface area contributed by atoms with Crippen LogP contribution in [0.4, 0.5) is 0 Å². The number of hydrogen-bond donors (Lipinski definition) is 0. The number of rotatable bonds is 3. The molecule has 1 amide bonds. The molecule has 2 saturated heterocycles. The summed E-state index contributed by atoms with van der Waals surface area (Å²) in [5, 5.41) is -0.480. The minimum absolute atomic E-state index is 0.0255. The predicted octanol–water partition coefficient (Wildman–Crippen LogP) is 1.52. The molecule has 4 rings (SSSR count). The van der Waals surface area contributed by atoms with Gasteiger partial charge in [0.1, 0.15) is 5.60 Å². The Balaban J connectivity index is 1.66. The quantitative estimate of drug-likeness (QED) is 0.830. The number of sulfone groups is 1. The maximum atomic E-state index is 13.1. The molecule has 130 valence electrons. The summed E-state index contributed by atoms with van der Waals surface area (Å²) in [6.07, 6.45) is 3.43. The van der Waals surface area contributed by atoms with Crippen LogP contribution in [0.3, 0.4) is 0 Å². The fourth-order valence-corrected chi connectivity index (χ4v) is 7.33. The number of benzene rings is 1. The molecule has 1 saturated carbocycles. The zero-order valence-corrected chi connectivity index (χ0v) is 14.7. The second-order valence-corrected chi connectivity index (χ2v) is 9.59. The summed E-state index contributed by atoms with van der Waals surface area (Å²) in [6.45, 7) is 0.770. The lowest BCUT2D eigenvalue weighted by Gasteiger charge is -2.43. The van der Waals surface area contributed by atoms with Crippen LogP contribution in [-0.2, 0) is 24.8 Å². The highest BCUT2D eigenvalue weighted by molar-refractivity contribution is 7.93. The zero-order valence-electron chi connectivity index (χ0n) is 13.9. The van der Waals surface area contributed by atoms with E-state index >= 15 is 0 Å². The van der Waals surface area contributed by atoms with Crippen molar-refractivity contribution >= 4 is 15.7 Å². The third kappa shape index (κ3) is 2.09. The monoisotopic (exact) mass is 349 g/mol. The van der Waals surface area contributed by atoms with Crippen LogP contribution in [0.15, 0.2) is 30.3 Å². The van der Waals surface area contributed by atoms with Crippen molar-refractivity contribution < 1.29 is 17.9 Å². The fourth-order valence-electron chi connectivity index (χ4n) is 4.86. The highest BCUT2D eigenvalue weighted by Crippen LogP contribution is 2.49. The van der Waals surface area contributed by atoms with Crippen LogP contribution in [0.2, 0.25) is 0 Å². The van der Waals surface area contributed by atoms with Crippen LogP contribution >= 0.6 is 0 Å². The van der Waals surface area contributed by atoms with Gasteiger partial charge in [0.05, 0.1) is 11.0 Å². The topological polar surface area (TPSA) is 63.7 Å². The largest absolute Gasteiger partial charge is 0.368 e. The lowest BCUT2D eigenvalue weighted by Crippen LogP contribution is -2.59. The molecule has 0 N–H and O–H groups in total. The second-order valence-electron chi connectivity index (χ2n) is 7.41. The van der Waals surface area contributed by atoms with E-state index < -0.39 is 26.1 Å². The van der Waals surface area contributed by atoms with E-state index in [0.717, 1.165) is 31.2 Å². The highest BCUT2D eigenvalue weighted by atomic mass is 32.2. The molecule has 1 aliphatic carbocycles. The highest BCUT2D eigenvalue weighted by Gasteiger charge is 2.65. The minimum Gasteiger partial charge on any atom is -0.368 e. The molecule has 3 fully saturated rings. The number of likely N-dealkylation sites (tertiary alicyclic amines) is 1. The van der Waals surface area contributed by atoms with E-state index in [1.807, 2.05) is 30.3 Å². The number of fused-ring (bicyclic) bond motifs is 1. The molecule has 6 heteroatoms. The molecule has 3 aliphatic rings. The van der Waals surface area contributed by atoms with Crippen LogP contribution in [0.1, 0.15) is 31.2 Å². The van der Waals surface area contributed by atoms with Crippen molar-refractivity contribution in [2.24, 2.45) is 0 Å². The van der Waals surface area contributed by atoms with Crippen LogP contribution in [0, 0.1) is 0 Å². The summed E-state index contributed by atoms with van der Waals surface area (Å²) in [7, 11) is -1.52. The molecule has 2 aliphatic heterocycles. The van der Waals surface area contributed by atoms with E-state index in [-0.39, 0.29) is 11.7 Å². The van der Waals surface area contributed by atoms with Gasteiger partial charge >= 0.3 is 0 Å². The van der Waals surface area contributed by atoms with E-state index in [4.69, 9.17) is 4.74 Å². The van der Waals surface area contributed by atoms with Gasteiger partial charge in [-0.2, -0.15) is 0 Å². The van der Waals surface area contributed by atoms with Crippen molar-refractivity contribution in [1.29, 1.82) is 0 Å². The molecular weight excluding hydrogens is 326 g/mol. The Morgan fingerprint density at radius 3 is 2.46 bits per heavy atom. The molecule has 0 spiro atoms. The Morgan fingerprint density at radius 2 is 1.88 bits per heavy atom. The Hall–Kier alpha value is -1.40. The van der Waals surface area contributed by atoms with Crippen LogP contribution in [0.25, 0.3) is 0 Å². The van der Waals surface area contributed by atoms with Gasteiger partial charge in [-0.15, -0.1) is 0 Å². The van der Waals surface area contributed by atoms with Crippen LogP contribution < -0.4 is 0 Å². The maximum Gasteiger partial charge on any atom is 0.254 e. The summed E-state index contributed by atoms with van der Waals surface area (Å²) < 4.78 is 30.3. The Morgan fingerprint density at radius 1 is 1.21 bits per heavy atom. The van der Waals surface area contributed by atoms with Crippen molar-refractivity contribution in [3.63, 3.8) is 0 Å². The van der Waals surface area contributed by atoms with Gasteiger partial charge in [0.15, 0.2) is 9.84 Å². The Bertz CT molecular complexity index is 754. The normalized spacial score (nSPS) is 33.0. The van der Waals surface area contributed by atoms with E-state index in [9.17, 15) is 13.2 Å². The van der Waals surface area contributed by atoms with E-state index in [0.29, 0.717) is 13.1 Å². The number of ether oxygens (including phenoxy) is 1. The third-order valence-electron chi connectivity index (χ3n) is 6.20. The first-order valence-electron chi connectivity index (χ1n) is 8.55. The minimum atomic E-state index is -3.12. The summed E-state index contributed by atoms with van der Waals surface area (Å²) in [5.41, 5.74) is -0.160. The SMILES string of the molecule is COC1(C(=O)N2C[C@@H]3[C@](c4ccccc4)(C2)CS3(=O)=O)CCCC1. The first-order valence-corrected chi connectivity index (χ1v) is 10.3. The lowest BCUT2D eigenvalue weighted by molar-refractivity contribution is -0.153. The van der Waals surface area contributed by atoms with Gasteiger partial charge in [0.2, 0.25) is 0 Å². The average molecular weight is 349 g/mol. The first-order chi connectivity index (χ1) is 11.4. The van der Waals surface area contributed by atoms with Crippen molar-refractivity contribution in [2.45, 2.75) is 41.9 Å². The zero-order chi connectivity index (χ0) is 17.0. The fraction of sp³-hybridized carbons (Fsp3) is 0.611. The molecule has 5 nitrogen and oxygen atoms in total. The summed E-state index contributed by atoms with van der Waals surface area (Å²) >= 11 is 0. The Labute approximate surface area is 142 Å². The first kappa shape index (κ1) is 16.1. The van der Waals surface area contributed by atoms with Gasteiger partial charge in [0.25, 0.3) is 5.91 Å². The van der Waals surface area contributed by atoms with E-state index in [1.54, 1.807) is 12.0 Å². The van der Waals surface area contributed by atoms with Gasteiger partial charge in [0, 0.05) is 25.6 Å². The van der Waals surface area contributed by atoms with Gasteiger partial charge in [-0.25, -0.2) is 8.42 Å². The molecule has 0 aromatic heterocycles. The molecule has 0 unspecified atom stereocenters. The van der Waals surface area contributed by atoms with Crippen LogP contribution in [-0.4, -0.2) is 56.0 Å². The molecule has 24 heavy (non-hydrogen) atoms. The standard InChI is InChI=1S/C18H23NO4S/c1-23-18(9-5-6-10-18)16(20)19-11-15-17(12-19,13-24(15,21)22)14-7-3-2-4-8-14/h2-4,7-8,15H,5-6,9-13H2,1H3/t15-,17-/m1/s1. The van der Waals surface area contributed by atoms with Crippen molar-refractivity contribution in [1.82, 2.24) is 4.90 Å². The summed E-state index contributed by atoms with van der Waals surface area (Å²) in [4.78, 5) is 14.9. The van der Waals surface area contributed by atoms with Gasteiger partial charge in [-0.3, -0.25) is 4.79 Å². The maximum absolute atomic E-state index is 13.1. The molecule has 2 atom stereocenters.